The molecule has 0 aliphatic carbocycles. The maximum absolute atomic E-state index is 12.2. The van der Waals surface area contributed by atoms with Crippen molar-refractivity contribution < 1.29 is 19.1 Å². The Morgan fingerprint density at radius 2 is 1.81 bits per heavy atom. The molecule has 0 saturated carbocycles. The van der Waals surface area contributed by atoms with E-state index in [0.717, 1.165) is 5.69 Å². The summed E-state index contributed by atoms with van der Waals surface area (Å²) in [6.07, 6.45) is -1.10. The fraction of sp³-hybridized carbons (Fsp3) is 0.368. The second kappa shape index (κ2) is 8.81. The highest BCUT2D eigenvalue weighted by Crippen LogP contribution is 2.19. The van der Waals surface area contributed by atoms with E-state index in [1.54, 1.807) is 42.9 Å². The third kappa shape index (κ3) is 5.40. The number of nitrogens with one attached hydrogen (secondary N) is 1. The van der Waals surface area contributed by atoms with E-state index in [-0.39, 0.29) is 18.6 Å². The van der Waals surface area contributed by atoms with Crippen molar-refractivity contribution in [3.8, 4) is 0 Å². The van der Waals surface area contributed by atoms with Crippen molar-refractivity contribution in [2.24, 2.45) is 7.05 Å². The van der Waals surface area contributed by atoms with Gasteiger partial charge in [-0.1, -0.05) is 11.6 Å². The first kappa shape index (κ1) is 20.6. The first-order valence-corrected chi connectivity index (χ1v) is 8.86. The fourth-order valence-electron chi connectivity index (χ4n) is 2.48. The molecule has 1 heterocycles. The molecular weight excluding hydrogens is 370 g/mol. The molecule has 7 nitrogen and oxygen atoms in total. The van der Waals surface area contributed by atoms with Gasteiger partial charge >= 0.3 is 5.97 Å². The van der Waals surface area contributed by atoms with Crippen LogP contribution in [-0.4, -0.2) is 33.5 Å². The van der Waals surface area contributed by atoms with E-state index >= 15 is 0 Å². The highest BCUT2D eigenvalue weighted by atomic mass is 35.5. The van der Waals surface area contributed by atoms with Crippen molar-refractivity contribution in [2.45, 2.75) is 39.7 Å². The largest absolute Gasteiger partial charge is 0.453 e. The Balaban J connectivity index is 1.84. The Morgan fingerprint density at radius 3 is 2.37 bits per heavy atom. The van der Waals surface area contributed by atoms with Gasteiger partial charge in [0.05, 0.1) is 23.5 Å². The number of carbonyl (C=O) groups is 3. The van der Waals surface area contributed by atoms with Crippen LogP contribution in [0.25, 0.3) is 0 Å². The lowest BCUT2D eigenvalue weighted by molar-refractivity contribution is -0.153. The van der Waals surface area contributed by atoms with E-state index in [4.69, 9.17) is 16.3 Å². The third-order valence-corrected chi connectivity index (χ3v) is 4.41. The second-order valence-electron chi connectivity index (χ2n) is 6.22. The van der Waals surface area contributed by atoms with E-state index < -0.39 is 18.0 Å². The van der Waals surface area contributed by atoms with Crippen LogP contribution in [0.5, 0.6) is 0 Å². The van der Waals surface area contributed by atoms with Crippen LogP contribution in [0.3, 0.4) is 0 Å². The molecule has 1 amide bonds. The minimum absolute atomic E-state index is 0.00434. The highest BCUT2D eigenvalue weighted by Gasteiger charge is 2.21. The molecule has 0 fully saturated rings. The molecule has 1 aromatic heterocycles. The molecule has 1 atom stereocenters. The van der Waals surface area contributed by atoms with Gasteiger partial charge in [0.1, 0.15) is 0 Å². The van der Waals surface area contributed by atoms with Gasteiger partial charge in [0.25, 0.3) is 5.91 Å². The number of esters is 1. The Labute approximate surface area is 162 Å². The van der Waals surface area contributed by atoms with E-state index in [1.807, 2.05) is 6.92 Å². The van der Waals surface area contributed by atoms with Crippen molar-refractivity contribution in [2.75, 3.05) is 5.32 Å². The lowest BCUT2D eigenvalue weighted by Crippen LogP contribution is -2.30. The predicted molar refractivity (Wildman–Crippen MR) is 102 cm³/mol. The molecule has 0 aliphatic heterocycles. The standard InChI is InChI=1S/C19H22ClN3O4/c1-11-18(12(2)23(4)22-11)21-19(26)13(3)27-17(25)10-9-16(24)14-5-7-15(20)8-6-14/h5-8,13H,9-10H2,1-4H3,(H,21,26)/t13-/m1/s1. The van der Waals surface area contributed by atoms with Crippen LogP contribution < -0.4 is 5.32 Å². The van der Waals surface area contributed by atoms with Gasteiger partial charge in [-0.15, -0.1) is 0 Å². The van der Waals surface area contributed by atoms with Gasteiger partial charge in [0.2, 0.25) is 0 Å². The number of nitrogens with zero attached hydrogens (tertiary/aromatic N) is 2. The van der Waals surface area contributed by atoms with Gasteiger partial charge in [-0.25, -0.2) is 0 Å². The number of Topliss-reactive ketones (excluding diaryl/α,β-unsaturated/α-hetero) is 1. The Hall–Kier alpha value is -2.67. The Bertz CT molecular complexity index is 859. The number of hydrogen-bond acceptors (Lipinski definition) is 5. The SMILES string of the molecule is Cc1nn(C)c(C)c1NC(=O)[C@@H](C)OC(=O)CCC(=O)c1ccc(Cl)cc1. The maximum atomic E-state index is 12.2. The zero-order valence-electron chi connectivity index (χ0n) is 15.7. The van der Waals surface area contributed by atoms with Crippen molar-refractivity contribution in [3.63, 3.8) is 0 Å². The van der Waals surface area contributed by atoms with Crippen LogP contribution in [-0.2, 0) is 21.4 Å². The number of anilines is 1. The molecule has 8 heteroatoms. The van der Waals surface area contributed by atoms with Gasteiger partial charge in [-0.05, 0) is 45.0 Å². The van der Waals surface area contributed by atoms with Crippen molar-refractivity contribution in [1.82, 2.24) is 9.78 Å². The number of hydrogen-bond donors (Lipinski definition) is 1. The van der Waals surface area contributed by atoms with E-state index in [0.29, 0.717) is 22.0 Å². The van der Waals surface area contributed by atoms with E-state index in [2.05, 4.69) is 10.4 Å². The molecule has 2 aromatic rings. The van der Waals surface area contributed by atoms with Crippen LogP contribution in [0, 0.1) is 13.8 Å². The number of carbonyl (C=O) groups excluding carboxylic acids is 3. The normalized spacial score (nSPS) is 11.7. The number of amides is 1. The molecule has 1 N–H and O–H groups in total. The van der Waals surface area contributed by atoms with Gasteiger partial charge < -0.3 is 10.1 Å². The van der Waals surface area contributed by atoms with Crippen molar-refractivity contribution in [3.05, 3.63) is 46.2 Å². The molecule has 0 saturated heterocycles. The first-order valence-electron chi connectivity index (χ1n) is 8.48. The fourth-order valence-corrected chi connectivity index (χ4v) is 2.61. The smallest absolute Gasteiger partial charge is 0.307 e. The maximum Gasteiger partial charge on any atom is 0.307 e. The highest BCUT2D eigenvalue weighted by molar-refractivity contribution is 6.30. The Morgan fingerprint density at radius 1 is 1.19 bits per heavy atom. The monoisotopic (exact) mass is 391 g/mol. The summed E-state index contributed by atoms with van der Waals surface area (Å²) in [5.74, 6) is -1.26. The molecule has 0 radical (unpaired) electrons. The summed E-state index contributed by atoms with van der Waals surface area (Å²) in [6, 6.07) is 6.43. The quantitative estimate of drug-likeness (QED) is 0.578. The number of halogens is 1. The average Bonchev–Trinajstić information content (AvgIpc) is 2.86. The lowest BCUT2D eigenvalue weighted by atomic mass is 10.1. The summed E-state index contributed by atoms with van der Waals surface area (Å²) >= 11 is 5.78. The second-order valence-corrected chi connectivity index (χ2v) is 6.66. The summed E-state index contributed by atoms with van der Waals surface area (Å²) in [4.78, 5) is 36.3. The molecule has 2 rings (SSSR count). The molecular formula is C19H22ClN3O4. The van der Waals surface area contributed by atoms with Gasteiger partial charge in [-0.2, -0.15) is 5.10 Å². The van der Waals surface area contributed by atoms with Crippen LogP contribution >= 0.6 is 11.6 Å². The van der Waals surface area contributed by atoms with Crippen LogP contribution in [0.2, 0.25) is 5.02 Å². The summed E-state index contributed by atoms with van der Waals surface area (Å²) in [5, 5.41) is 7.47. The van der Waals surface area contributed by atoms with Gasteiger partial charge in [0, 0.05) is 24.1 Å². The van der Waals surface area contributed by atoms with Gasteiger partial charge in [0.15, 0.2) is 11.9 Å². The molecule has 27 heavy (non-hydrogen) atoms. The predicted octanol–water partition coefficient (Wildman–Crippen LogP) is 3.22. The summed E-state index contributed by atoms with van der Waals surface area (Å²) in [5.41, 5.74) is 2.55. The Kier molecular flexibility index (Phi) is 6.74. The topological polar surface area (TPSA) is 90.3 Å². The van der Waals surface area contributed by atoms with Crippen LogP contribution in [0.15, 0.2) is 24.3 Å². The molecule has 0 aliphatic rings. The summed E-state index contributed by atoms with van der Waals surface area (Å²) in [7, 11) is 1.78. The third-order valence-electron chi connectivity index (χ3n) is 4.16. The number of ketones is 1. The van der Waals surface area contributed by atoms with Crippen LogP contribution in [0.4, 0.5) is 5.69 Å². The molecule has 0 unspecified atom stereocenters. The molecule has 0 bridgehead atoms. The molecule has 1 aromatic carbocycles. The minimum Gasteiger partial charge on any atom is -0.453 e. The number of aryl methyl sites for hydroxylation is 2. The number of ether oxygens (including phenoxy) is 1. The van der Waals surface area contributed by atoms with Crippen molar-refractivity contribution in [1.29, 1.82) is 0 Å². The summed E-state index contributed by atoms with van der Waals surface area (Å²) in [6.45, 7) is 5.09. The molecule has 0 spiro atoms. The van der Waals surface area contributed by atoms with Crippen molar-refractivity contribution >= 4 is 34.9 Å². The molecule has 144 valence electrons. The zero-order valence-corrected chi connectivity index (χ0v) is 16.5. The van der Waals surface area contributed by atoms with E-state index in [9.17, 15) is 14.4 Å². The zero-order chi connectivity index (χ0) is 20.1. The number of benzene rings is 1. The number of aromatic nitrogens is 2. The lowest BCUT2D eigenvalue weighted by Gasteiger charge is -2.13. The van der Waals surface area contributed by atoms with E-state index in [1.165, 1.54) is 6.92 Å². The first-order chi connectivity index (χ1) is 12.7. The summed E-state index contributed by atoms with van der Waals surface area (Å²) < 4.78 is 6.78. The minimum atomic E-state index is -0.984. The average molecular weight is 392 g/mol. The van der Waals surface area contributed by atoms with Gasteiger partial charge in [-0.3, -0.25) is 19.1 Å². The number of rotatable bonds is 7. The van der Waals surface area contributed by atoms with Crippen LogP contribution in [0.1, 0.15) is 41.5 Å².